The van der Waals surface area contributed by atoms with Crippen LogP contribution in [0, 0.1) is 0 Å². The molecule has 1 saturated heterocycles. The fourth-order valence-electron chi connectivity index (χ4n) is 4.26. The molecule has 0 unspecified atom stereocenters. The lowest BCUT2D eigenvalue weighted by Gasteiger charge is -2.32. The number of carbonyl (C=O) groups is 1. The van der Waals surface area contributed by atoms with Crippen LogP contribution < -0.4 is 4.74 Å². The van der Waals surface area contributed by atoms with E-state index in [2.05, 4.69) is 27.2 Å². The van der Waals surface area contributed by atoms with Crippen molar-refractivity contribution >= 4 is 17.2 Å². The molecule has 8 heteroatoms. The van der Waals surface area contributed by atoms with Gasteiger partial charge in [0.1, 0.15) is 11.9 Å². The molecule has 0 spiro atoms. The van der Waals surface area contributed by atoms with Crippen LogP contribution in [0.3, 0.4) is 0 Å². The van der Waals surface area contributed by atoms with Crippen molar-refractivity contribution in [3.05, 3.63) is 88.4 Å². The first-order chi connectivity index (χ1) is 17.1. The number of thiophene rings is 1. The minimum atomic E-state index is 0.116. The SMILES string of the molecule is CN(Cc1cccc(OC2CCN(C(=O)c3cccs3)CC2)c1)Cc1nnc(-c2ccccc2)o1. The highest BCUT2D eigenvalue weighted by Gasteiger charge is 2.25. The van der Waals surface area contributed by atoms with Crippen molar-refractivity contribution in [1.82, 2.24) is 20.0 Å². The van der Waals surface area contributed by atoms with Crippen molar-refractivity contribution in [3.63, 3.8) is 0 Å². The number of carbonyl (C=O) groups excluding carboxylic acids is 1. The van der Waals surface area contributed by atoms with Gasteiger partial charge in [0.25, 0.3) is 5.91 Å². The molecule has 3 heterocycles. The van der Waals surface area contributed by atoms with Crippen LogP contribution in [-0.4, -0.2) is 52.1 Å². The molecule has 0 N–H and O–H groups in total. The first-order valence-electron chi connectivity index (χ1n) is 11.8. The van der Waals surface area contributed by atoms with Gasteiger partial charge in [-0.3, -0.25) is 9.69 Å². The predicted octanol–water partition coefficient (Wildman–Crippen LogP) is 5.11. The molecule has 0 aliphatic carbocycles. The van der Waals surface area contributed by atoms with E-state index < -0.39 is 0 Å². The van der Waals surface area contributed by atoms with Crippen molar-refractivity contribution in [2.24, 2.45) is 0 Å². The van der Waals surface area contributed by atoms with Gasteiger partial charge in [0.2, 0.25) is 11.8 Å². The summed E-state index contributed by atoms with van der Waals surface area (Å²) in [6.07, 6.45) is 1.79. The van der Waals surface area contributed by atoms with E-state index in [1.54, 1.807) is 0 Å². The number of nitrogens with zero attached hydrogens (tertiary/aromatic N) is 4. The summed E-state index contributed by atoms with van der Waals surface area (Å²) in [6, 6.07) is 21.8. The average molecular weight is 489 g/mol. The van der Waals surface area contributed by atoms with Gasteiger partial charge in [-0.2, -0.15) is 0 Å². The summed E-state index contributed by atoms with van der Waals surface area (Å²) in [4.78, 5) is 17.4. The Morgan fingerprint density at radius 3 is 2.66 bits per heavy atom. The number of benzene rings is 2. The molecule has 1 amide bonds. The monoisotopic (exact) mass is 488 g/mol. The summed E-state index contributed by atoms with van der Waals surface area (Å²) in [6.45, 7) is 2.73. The highest BCUT2D eigenvalue weighted by Crippen LogP contribution is 2.23. The molecule has 1 aliphatic rings. The van der Waals surface area contributed by atoms with E-state index >= 15 is 0 Å². The van der Waals surface area contributed by atoms with Crippen LogP contribution in [0.15, 0.2) is 76.5 Å². The van der Waals surface area contributed by atoms with E-state index in [0.29, 0.717) is 18.3 Å². The lowest BCUT2D eigenvalue weighted by molar-refractivity contribution is 0.0600. The van der Waals surface area contributed by atoms with Gasteiger partial charge in [-0.25, -0.2) is 0 Å². The van der Waals surface area contributed by atoms with E-state index in [0.717, 1.165) is 54.2 Å². The van der Waals surface area contributed by atoms with Crippen molar-refractivity contribution in [3.8, 4) is 17.2 Å². The van der Waals surface area contributed by atoms with Crippen LogP contribution in [-0.2, 0) is 13.1 Å². The number of ether oxygens (including phenoxy) is 1. The van der Waals surface area contributed by atoms with Crippen LogP contribution in [0.4, 0.5) is 0 Å². The second-order valence-electron chi connectivity index (χ2n) is 8.77. The molecule has 1 aliphatic heterocycles. The number of hydrogen-bond donors (Lipinski definition) is 0. The fraction of sp³-hybridized carbons (Fsp3) is 0.296. The van der Waals surface area contributed by atoms with Gasteiger partial charge in [0, 0.05) is 38.0 Å². The topological polar surface area (TPSA) is 71.7 Å². The standard InChI is InChI=1S/C27H28N4O3S/c1-30(19-25-28-29-26(34-25)21-8-3-2-4-9-21)18-20-7-5-10-23(17-20)33-22-12-14-31(15-13-22)27(32)24-11-6-16-35-24/h2-11,16-17,22H,12-15,18-19H2,1H3. The van der Waals surface area contributed by atoms with Crippen molar-refractivity contribution in [2.45, 2.75) is 32.0 Å². The Labute approximate surface area is 209 Å². The molecule has 2 aromatic carbocycles. The van der Waals surface area contributed by atoms with E-state index in [9.17, 15) is 4.79 Å². The first kappa shape index (κ1) is 23.3. The van der Waals surface area contributed by atoms with Crippen molar-refractivity contribution in [2.75, 3.05) is 20.1 Å². The number of hydrogen-bond acceptors (Lipinski definition) is 7. The Morgan fingerprint density at radius 2 is 1.89 bits per heavy atom. The third-order valence-corrected chi connectivity index (χ3v) is 6.87. The quantitative estimate of drug-likeness (QED) is 0.343. The lowest BCUT2D eigenvalue weighted by atomic mass is 10.1. The lowest BCUT2D eigenvalue weighted by Crippen LogP contribution is -2.41. The third-order valence-electron chi connectivity index (χ3n) is 6.01. The Balaban J connectivity index is 1.12. The summed E-state index contributed by atoms with van der Waals surface area (Å²) in [7, 11) is 2.03. The fourth-order valence-corrected chi connectivity index (χ4v) is 4.95. The van der Waals surface area contributed by atoms with E-state index in [4.69, 9.17) is 9.15 Å². The first-order valence-corrected chi connectivity index (χ1v) is 12.7. The highest BCUT2D eigenvalue weighted by atomic mass is 32.1. The Bertz CT molecular complexity index is 1230. The molecule has 0 bridgehead atoms. The summed E-state index contributed by atoms with van der Waals surface area (Å²) in [5, 5.41) is 10.3. The largest absolute Gasteiger partial charge is 0.490 e. The zero-order valence-corrected chi connectivity index (χ0v) is 20.5. The predicted molar refractivity (Wildman–Crippen MR) is 135 cm³/mol. The maximum atomic E-state index is 12.6. The molecular weight excluding hydrogens is 460 g/mol. The molecule has 0 atom stereocenters. The van der Waals surface area contributed by atoms with E-state index in [1.165, 1.54) is 11.3 Å². The average Bonchev–Trinajstić information content (AvgIpc) is 3.58. The Morgan fingerprint density at radius 1 is 1.06 bits per heavy atom. The van der Waals surface area contributed by atoms with Crippen molar-refractivity contribution < 1.29 is 13.9 Å². The summed E-state index contributed by atoms with van der Waals surface area (Å²) in [5.41, 5.74) is 2.07. The van der Waals surface area contributed by atoms with Gasteiger partial charge in [-0.1, -0.05) is 36.4 Å². The molecule has 35 heavy (non-hydrogen) atoms. The Kier molecular flexibility index (Phi) is 7.20. The molecule has 5 rings (SSSR count). The van der Waals surface area contributed by atoms with Gasteiger partial charge in [0.15, 0.2) is 0 Å². The molecule has 0 radical (unpaired) electrons. The number of amides is 1. The maximum absolute atomic E-state index is 12.6. The number of likely N-dealkylation sites (tertiary alicyclic amines) is 1. The number of aromatic nitrogens is 2. The highest BCUT2D eigenvalue weighted by molar-refractivity contribution is 7.12. The summed E-state index contributed by atoms with van der Waals surface area (Å²) >= 11 is 1.50. The summed E-state index contributed by atoms with van der Waals surface area (Å²) < 4.78 is 12.1. The maximum Gasteiger partial charge on any atom is 0.263 e. The second-order valence-corrected chi connectivity index (χ2v) is 9.72. The van der Waals surface area contributed by atoms with Crippen LogP contribution in [0.1, 0.15) is 34.0 Å². The third kappa shape index (κ3) is 5.96. The van der Waals surface area contributed by atoms with Gasteiger partial charge >= 0.3 is 0 Å². The minimum Gasteiger partial charge on any atom is -0.490 e. The van der Waals surface area contributed by atoms with Gasteiger partial charge < -0.3 is 14.1 Å². The molecule has 7 nitrogen and oxygen atoms in total. The van der Waals surface area contributed by atoms with Gasteiger partial charge in [-0.15, -0.1) is 21.5 Å². The normalized spacial score (nSPS) is 14.4. The van der Waals surface area contributed by atoms with E-state index in [1.807, 2.05) is 71.9 Å². The van der Waals surface area contributed by atoms with Crippen molar-refractivity contribution in [1.29, 1.82) is 0 Å². The van der Waals surface area contributed by atoms with Crippen LogP contribution >= 0.6 is 11.3 Å². The smallest absolute Gasteiger partial charge is 0.263 e. The van der Waals surface area contributed by atoms with Gasteiger partial charge in [-0.05, 0) is 48.3 Å². The zero-order valence-electron chi connectivity index (χ0n) is 19.7. The van der Waals surface area contributed by atoms with Crippen LogP contribution in [0.2, 0.25) is 0 Å². The molecule has 1 fully saturated rings. The Hall–Kier alpha value is -3.49. The molecular formula is C27H28N4O3S. The molecule has 180 valence electrons. The zero-order chi connectivity index (χ0) is 24.0. The summed E-state index contributed by atoms with van der Waals surface area (Å²) in [5.74, 6) is 2.11. The molecule has 0 saturated carbocycles. The minimum absolute atomic E-state index is 0.116. The molecule has 2 aromatic heterocycles. The molecule has 4 aromatic rings. The second kappa shape index (κ2) is 10.8. The van der Waals surface area contributed by atoms with Gasteiger partial charge in [0.05, 0.1) is 11.4 Å². The van der Waals surface area contributed by atoms with Crippen LogP contribution in [0.5, 0.6) is 5.75 Å². The number of rotatable bonds is 8. The van der Waals surface area contributed by atoms with E-state index in [-0.39, 0.29) is 12.0 Å². The number of piperidine rings is 1. The van der Waals surface area contributed by atoms with Crippen LogP contribution in [0.25, 0.3) is 11.5 Å².